The van der Waals surface area contributed by atoms with Crippen LogP contribution < -0.4 is 5.73 Å². The molecule has 0 saturated heterocycles. The van der Waals surface area contributed by atoms with Crippen molar-refractivity contribution >= 4 is 5.78 Å². The molecule has 0 aliphatic heterocycles. The number of hydrogen-bond donors (Lipinski definition) is 1. The third kappa shape index (κ3) is 1.84. The van der Waals surface area contributed by atoms with Gasteiger partial charge in [0.1, 0.15) is 6.54 Å². The Hall–Kier alpha value is -1.23. The minimum absolute atomic E-state index is 0.0465. The Kier molecular flexibility index (Phi) is 2.32. The third-order valence-corrected chi connectivity index (χ3v) is 1.28. The molecule has 1 rings (SSSR count). The Morgan fingerprint density at radius 1 is 1.82 bits per heavy atom. The normalized spacial score (nSPS) is 10.0. The van der Waals surface area contributed by atoms with Gasteiger partial charge in [0.25, 0.3) is 0 Å². The van der Waals surface area contributed by atoms with E-state index in [1.54, 1.807) is 6.20 Å². The molecule has 0 aliphatic rings. The van der Waals surface area contributed by atoms with Gasteiger partial charge in [-0.2, -0.15) is 0 Å². The zero-order valence-corrected chi connectivity index (χ0v) is 6.32. The van der Waals surface area contributed by atoms with Gasteiger partial charge in [-0.25, -0.2) is 4.68 Å². The predicted octanol–water partition coefficient (Wildman–Crippen LogP) is -0.674. The molecule has 0 saturated carbocycles. The summed E-state index contributed by atoms with van der Waals surface area (Å²) in [6, 6.07) is 0. The Morgan fingerprint density at radius 3 is 3.09 bits per heavy atom. The highest BCUT2D eigenvalue weighted by atomic mass is 16.1. The maximum Gasteiger partial charge on any atom is 0.151 e. The molecular formula is C6H10N4O. The molecule has 0 aliphatic carbocycles. The van der Waals surface area contributed by atoms with Crippen molar-refractivity contribution in [1.29, 1.82) is 0 Å². The van der Waals surface area contributed by atoms with Crippen LogP contribution >= 0.6 is 0 Å². The monoisotopic (exact) mass is 154 g/mol. The number of ketones is 1. The van der Waals surface area contributed by atoms with E-state index in [0.717, 1.165) is 5.69 Å². The van der Waals surface area contributed by atoms with Crippen molar-refractivity contribution in [1.82, 2.24) is 15.0 Å². The molecule has 1 aromatic heterocycles. The number of Topliss-reactive ketones (excluding diaryl/α,β-unsaturated/α-hetero) is 1. The molecule has 11 heavy (non-hydrogen) atoms. The molecule has 5 heteroatoms. The van der Waals surface area contributed by atoms with Crippen molar-refractivity contribution < 1.29 is 4.79 Å². The Labute approximate surface area is 64.2 Å². The zero-order chi connectivity index (χ0) is 8.27. The number of hydrogen-bond acceptors (Lipinski definition) is 4. The smallest absolute Gasteiger partial charge is 0.151 e. The van der Waals surface area contributed by atoms with E-state index in [-0.39, 0.29) is 12.3 Å². The van der Waals surface area contributed by atoms with Crippen LogP contribution in [0.1, 0.15) is 12.6 Å². The third-order valence-electron chi connectivity index (χ3n) is 1.28. The predicted molar refractivity (Wildman–Crippen MR) is 38.6 cm³/mol. The van der Waals surface area contributed by atoms with Crippen molar-refractivity contribution in [3.05, 3.63) is 11.9 Å². The lowest BCUT2D eigenvalue weighted by molar-refractivity contribution is -0.117. The second-order valence-electron chi connectivity index (χ2n) is 2.29. The van der Waals surface area contributed by atoms with Crippen molar-refractivity contribution in [2.45, 2.75) is 20.0 Å². The van der Waals surface area contributed by atoms with Gasteiger partial charge in [0.2, 0.25) is 0 Å². The lowest BCUT2D eigenvalue weighted by Crippen LogP contribution is -2.13. The van der Waals surface area contributed by atoms with Gasteiger partial charge in [0.15, 0.2) is 5.78 Å². The average molecular weight is 154 g/mol. The Balaban J connectivity index is 2.76. The maximum absolute atomic E-state index is 10.6. The summed E-state index contributed by atoms with van der Waals surface area (Å²) in [6.07, 6.45) is 1.56. The van der Waals surface area contributed by atoms with E-state index in [9.17, 15) is 4.79 Å². The number of rotatable bonds is 3. The van der Waals surface area contributed by atoms with Gasteiger partial charge in [0.05, 0.1) is 11.9 Å². The molecule has 0 aromatic carbocycles. The summed E-state index contributed by atoms with van der Waals surface area (Å²) in [6.45, 7) is 2.12. The van der Waals surface area contributed by atoms with Gasteiger partial charge in [-0.05, 0) is 6.92 Å². The second kappa shape index (κ2) is 3.25. The van der Waals surface area contributed by atoms with E-state index in [1.165, 1.54) is 11.6 Å². The molecule has 5 nitrogen and oxygen atoms in total. The van der Waals surface area contributed by atoms with E-state index in [4.69, 9.17) is 5.73 Å². The maximum atomic E-state index is 10.6. The van der Waals surface area contributed by atoms with Gasteiger partial charge in [-0.3, -0.25) is 4.79 Å². The van der Waals surface area contributed by atoms with Crippen molar-refractivity contribution in [3.63, 3.8) is 0 Å². The summed E-state index contributed by atoms with van der Waals surface area (Å²) in [7, 11) is 0. The van der Waals surface area contributed by atoms with E-state index >= 15 is 0 Å². The molecule has 0 unspecified atom stereocenters. The van der Waals surface area contributed by atoms with Gasteiger partial charge >= 0.3 is 0 Å². The molecule has 0 spiro atoms. The largest absolute Gasteiger partial charge is 0.325 e. The van der Waals surface area contributed by atoms with Crippen LogP contribution in [0.2, 0.25) is 0 Å². The van der Waals surface area contributed by atoms with E-state index in [1.807, 2.05) is 0 Å². The van der Waals surface area contributed by atoms with Crippen LogP contribution in [-0.4, -0.2) is 20.8 Å². The first-order valence-electron chi connectivity index (χ1n) is 3.31. The van der Waals surface area contributed by atoms with Crippen LogP contribution in [0.5, 0.6) is 0 Å². The first-order valence-corrected chi connectivity index (χ1v) is 3.31. The summed E-state index contributed by atoms with van der Waals surface area (Å²) in [5, 5.41) is 7.32. The van der Waals surface area contributed by atoms with E-state index in [2.05, 4.69) is 10.3 Å². The van der Waals surface area contributed by atoms with Crippen LogP contribution in [0.3, 0.4) is 0 Å². The highest BCUT2D eigenvalue weighted by molar-refractivity contribution is 5.75. The fraction of sp³-hybridized carbons (Fsp3) is 0.500. The fourth-order valence-electron chi connectivity index (χ4n) is 0.781. The number of carbonyl (C=O) groups is 1. The molecule has 0 atom stereocenters. The summed E-state index contributed by atoms with van der Waals surface area (Å²) >= 11 is 0. The Bertz CT molecular complexity index is 255. The molecule has 2 N–H and O–H groups in total. The highest BCUT2D eigenvalue weighted by Crippen LogP contribution is 1.93. The first-order chi connectivity index (χ1) is 5.24. The minimum Gasteiger partial charge on any atom is -0.325 e. The van der Waals surface area contributed by atoms with Crippen LogP contribution in [0.15, 0.2) is 6.20 Å². The molecule has 1 aromatic rings. The van der Waals surface area contributed by atoms with Gasteiger partial charge in [-0.1, -0.05) is 5.21 Å². The SMILES string of the molecule is CC(=O)Cn1nncc1CN. The van der Waals surface area contributed by atoms with Gasteiger partial charge < -0.3 is 5.73 Å². The summed E-state index contributed by atoms with van der Waals surface area (Å²) in [5.41, 5.74) is 6.14. The number of aromatic nitrogens is 3. The standard InChI is InChI=1S/C6H10N4O/c1-5(11)4-10-6(2-7)3-8-9-10/h3H,2,4,7H2,1H3. The van der Waals surface area contributed by atoms with Crippen molar-refractivity contribution in [2.75, 3.05) is 0 Å². The van der Waals surface area contributed by atoms with E-state index < -0.39 is 0 Å². The topological polar surface area (TPSA) is 73.8 Å². The minimum atomic E-state index is 0.0465. The zero-order valence-electron chi connectivity index (χ0n) is 6.32. The highest BCUT2D eigenvalue weighted by Gasteiger charge is 2.02. The molecule has 1 heterocycles. The summed E-state index contributed by atoms with van der Waals surface area (Å²) < 4.78 is 1.50. The number of carbonyl (C=O) groups excluding carboxylic acids is 1. The van der Waals surface area contributed by atoms with Crippen molar-refractivity contribution in [3.8, 4) is 0 Å². The molecule has 0 bridgehead atoms. The van der Waals surface area contributed by atoms with Crippen LogP contribution in [0.4, 0.5) is 0 Å². The lowest BCUT2D eigenvalue weighted by atomic mass is 10.4. The van der Waals surface area contributed by atoms with Gasteiger partial charge in [-0.15, -0.1) is 5.10 Å². The number of nitrogens with two attached hydrogens (primary N) is 1. The summed E-state index contributed by atoms with van der Waals surface area (Å²) in [5.74, 6) is 0.0465. The number of nitrogens with zero attached hydrogens (tertiary/aromatic N) is 3. The van der Waals surface area contributed by atoms with Crippen LogP contribution in [-0.2, 0) is 17.9 Å². The van der Waals surface area contributed by atoms with Gasteiger partial charge in [0, 0.05) is 6.54 Å². The molecular weight excluding hydrogens is 144 g/mol. The average Bonchev–Trinajstić information content (AvgIpc) is 2.34. The fourth-order valence-corrected chi connectivity index (χ4v) is 0.781. The van der Waals surface area contributed by atoms with Crippen LogP contribution in [0.25, 0.3) is 0 Å². The second-order valence-corrected chi connectivity index (χ2v) is 2.29. The summed E-state index contributed by atoms with van der Waals surface area (Å²) in [4.78, 5) is 10.6. The first kappa shape index (κ1) is 7.87. The molecule has 60 valence electrons. The van der Waals surface area contributed by atoms with E-state index in [0.29, 0.717) is 6.54 Å². The quantitative estimate of drug-likeness (QED) is 0.626. The lowest BCUT2D eigenvalue weighted by Gasteiger charge is -1.99. The Morgan fingerprint density at radius 2 is 2.55 bits per heavy atom. The van der Waals surface area contributed by atoms with Crippen LogP contribution in [0, 0.1) is 0 Å². The molecule has 0 radical (unpaired) electrons. The molecule has 0 amide bonds. The van der Waals surface area contributed by atoms with Crippen molar-refractivity contribution in [2.24, 2.45) is 5.73 Å². The molecule has 0 fully saturated rings.